The first kappa shape index (κ1) is 12.1. The second-order valence-electron chi connectivity index (χ2n) is 3.84. The third-order valence-corrected chi connectivity index (χ3v) is 3.56. The molecule has 1 heterocycles. The van der Waals surface area contributed by atoms with Crippen molar-refractivity contribution in [2.45, 2.75) is 13.5 Å². The minimum absolute atomic E-state index is 0.796. The van der Waals surface area contributed by atoms with Gasteiger partial charge < -0.3 is 10.1 Å². The minimum Gasteiger partial charge on any atom is -0.496 e. The van der Waals surface area contributed by atoms with Crippen molar-refractivity contribution in [1.29, 1.82) is 0 Å². The van der Waals surface area contributed by atoms with E-state index in [1.165, 1.54) is 10.4 Å². The highest BCUT2D eigenvalue weighted by Crippen LogP contribution is 2.31. The van der Waals surface area contributed by atoms with E-state index in [-0.39, 0.29) is 0 Å². The second kappa shape index (κ2) is 5.29. The molecule has 0 radical (unpaired) electrons. The lowest BCUT2D eigenvalue weighted by atomic mass is 10.1. The van der Waals surface area contributed by atoms with Crippen LogP contribution in [-0.4, -0.2) is 19.1 Å². The summed E-state index contributed by atoms with van der Waals surface area (Å²) in [5.74, 6) is 0.924. The maximum Gasteiger partial charge on any atom is 0.121 e. The van der Waals surface area contributed by atoms with E-state index in [4.69, 9.17) is 4.74 Å². The summed E-state index contributed by atoms with van der Waals surface area (Å²) in [5.41, 5.74) is 5.34. The fraction of sp³-hybridized carbons (Fsp3) is 0.308. The van der Waals surface area contributed by atoms with E-state index < -0.39 is 0 Å². The Hall–Kier alpha value is -1.39. The summed E-state index contributed by atoms with van der Waals surface area (Å²) in [6.45, 7) is 2.85. The Morgan fingerprint density at radius 1 is 1.41 bits per heavy atom. The summed E-state index contributed by atoms with van der Waals surface area (Å²) >= 11 is 1.67. The number of nitrogens with one attached hydrogen (secondary N) is 1. The van der Waals surface area contributed by atoms with Crippen LogP contribution in [0.5, 0.6) is 5.75 Å². The number of thiazole rings is 1. The van der Waals surface area contributed by atoms with Gasteiger partial charge in [-0.3, -0.25) is 0 Å². The molecule has 0 saturated carbocycles. The van der Waals surface area contributed by atoms with Gasteiger partial charge in [0.25, 0.3) is 0 Å². The third kappa shape index (κ3) is 2.48. The molecule has 1 aromatic carbocycles. The molecule has 0 bridgehead atoms. The zero-order valence-electron chi connectivity index (χ0n) is 10.3. The summed E-state index contributed by atoms with van der Waals surface area (Å²) in [6, 6.07) is 6.23. The van der Waals surface area contributed by atoms with Crippen LogP contribution in [-0.2, 0) is 6.54 Å². The molecule has 1 aromatic heterocycles. The molecule has 0 amide bonds. The fourth-order valence-electron chi connectivity index (χ4n) is 1.82. The van der Waals surface area contributed by atoms with Crippen molar-refractivity contribution in [1.82, 2.24) is 10.3 Å². The van der Waals surface area contributed by atoms with E-state index in [2.05, 4.69) is 29.4 Å². The van der Waals surface area contributed by atoms with Crippen LogP contribution in [0, 0.1) is 6.92 Å². The molecule has 0 fully saturated rings. The Balaban J connectivity index is 2.39. The van der Waals surface area contributed by atoms with Crippen molar-refractivity contribution in [3.8, 4) is 16.2 Å². The third-order valence-electron chi connectivity index (χ3n) is 2.64. The Bertz CT molecular complexity index is 508. The van der Waals surface area contributed by atoms with Crippen LogP contribution in [0.4, 0.5) is 0 Å². The molecule has 0 aliphatic rings. The van der Waals surface area contributed by atoms with E-state index in [0.717, 1.165) is 23.6 Å². The van der Waals surface area contributed by atoms with E-state index in [9.17, 15) is 0 Å². The predicted molar refractivity (Wildman–Crippen MR) is 71.6 cm³/mol. The van der Waals surface area contributed by atoms with Crippen molar-refractivity contribution in [3.63, 3.8) is 0 Å². The van der Waals surface area contributed by atoms with E-state index >= 15 is 0 Å². The number of nitrogens with zero attached hydrogens (tertiary/aromatic N) is 1. The summed E-state index contributed by atoms with van der Waals surface area (Å²) in [7, 11) is 3.63. The molecule has 0 spiro atoms. The molecule has 17 heavy (non-hydrogen) atoms. The van der Waals surface area contributed by atoms with Crippen LogP contribution in [0.1, 0.15) is 11.3 Å². The molecule has 0 unspecified atom stereocenters. The van der Waals surface area contributed by atoms with Crippen molar-refractivity contribution in [2.75, 3.05) is 14.2 Å². The van der Waals surface area contributed by atoms with E-state index in [1.54, 1.807) is 18.4 Å². The molecular weight excluding hydrogens is 232 g/mol. The number of aromatic nitrogens is 1. The van der Waals surface area contributed by atoms with Crippen LogP contribution in [0.15, 0.2) is 23.7 Å². The molecule has 0 aliphatic heterocycles. The maximum absolute atomic E-state index is 5.27. The highest BCUT2D eigenvalue weighted by Gasteiger charge is 2.09. The molecule has 0 aliphatic carbocycles. The van der Waals surface area contributed by atoms with E-state index in [0.29, 0.717) is 0 Å². The Kier molecular flexibility index (Phi) is 3.76. The van der Waals surface area contributed by atoms with Crippen LogP contribution in [0.25, 0.3) is 10.4 Å². The van der Waals surface area contributed by atoms with Gasteiger partial charge in [0.15, 0.2) is 0 Å². The van der Waals surface area contributed by atoms with Gasteiger partial charge in [0.1, 0.15) is 5.75 Å². The van der Waals surface area contributed by atoms with Gasteiger partial charge >= 0.3 is 0 Å². The molecule has 1 N–H and O–H groups in total. The van der Waals surface area contributed by atoms with Gasteiger partial charge in [-0.25, -0.2) is 4.98 Å². The highest BCUT2D eigenvalue weighted by atomic mass is 32.1. The topological polar surface area (TPSA) is 34.2 Å². The number of ether oxygens (including phenoxy) is 1. The van der Waals surface area contributed by atoms with Crippen molar-refractivity contribution < 1.29 is 4.74 Å². The lowest BCUT2D eigenvalue weighted by Gasteiger charge is -2.07. The first-order chi connectivity index (χ1) is 8.26. The monoisotopic (exact) mass is 248 g/mol. The zero-order chi connectivity index (χ0) is 12.3. The molecule has 2 aromatic rings. The molecule has 90 valence electrons. The molecule has 2 rings (SSSR count). The minimum atomic E-state index is 0.796. The van der Waals surface area contributed by atoms with Crippen molar-refractivity contribution >= 4 is 11.3 Å². The SMILES string of the molecule is CNCc1ncsc1-c1ccc(OC)c(C)c1. The van der Waals surface area contributed by atoms with Crippen molar-refractivity contribution in [3.05, 3.63) is 35.0 Å². The largest absolute Gasteiger partial charge is 0.496 e. The van der Waals surface area contributed by atoms with Gasteiger partial charge in [0.05, 0.1) is 23.2 Å². The number of methoxy groups -OCH3 is 1. The molecule has 0 saturated heterocycles. The Morgan fingerprint density at radius 3 is 2.88 bits per heavy atom. The maximum atomic E-state index is 5.27. The number of rotatable bonds is 4. The number of hydrogen-bond acceptors (Lipinski definition) is 4. The fourth-order valence-corrected chi connectivity index (χ4v) is 2.63. The van der Waals surface area contributed by atoms with Gasteiger partial charge in [0.2, 0.25) is 0 Å². The average Bonchev–Trinajstić information content (AvgIpc) is 2.78. The molecule has 3 nitrogen and oxygen atoms in total. The predicted octanol–water partition coefficient (Wildman–Crippen LogP) is 2.85. The smallest absolute Gasteiger partial charge is 0.121 e. The van der Waals surface area contributed by atoms with Gasteiger partial charge in [-0.05, 0) is 43.3 Å². The van der Waals surface area contributed by atoms with Gasteiger partial charge in [-0.15, -0.1) is 11.3 Å². The van der Waals surface area contributed by atoms with Crippen LogP contribution < -0.4 is 10.1 Å². The number of hydrogen-bond donors (Lipinski definition) is 1. The highest BCUT2D eigenvalue weighted by molar-refractivity contribution is 7.13. The standard InChI is InChI=1S/C13H16N2OS/c1-9-6-10(4-5-12(9)16-3)13-11(7-14-2)15-8-17-13/h4-6,8,14H,7H2,1-3H3. The van der Waals surface area contributed by atoms with Crippen molar-refractivity contribution in [2.24, 2.45) is 0 Å². The second-order valence-corrected chi connectivity index (χ2v) is 4.70. The van der Waals surface area contributed by atoms with E-state index in [1.807, 2.05) is 18.6 Å². The first-order valence-corrected chi connectivity index (χ1v) is 6.36. The van der Waals surface area contributed by atoms with Crippen LogP contribution in [0.2, 0.25) is 0 Å². The number of benzene rings is 1. The summed E-state index contributed by atoms with van der Waals surface area (Å²) in [6.07, 6.45) is 0. The average molecular weight is 248 g/mol. The first-order valence-electron chi connectivity index (χ1n) is 5.48. The quantitative estimate of drug-likeness (QED) is 0.903. The lowest BCUT2D eigenvalue weighted by Crippen LogP contribution is -2.06. The lowest BCUT2D eigenvalue weighted by molar-refractivity contribution is 0.412. The molecule has 0 atom stereocenters. The summed E-state index contributed by atoms with van der Waals surface area (Å²) < 4.78 is 5.27. The normalized spacial score (nSPS) is 10.5. The Labute approximate surface area is 105 Å². The van der Waals surface area contributed by atoms with Gasteiger partial charge in [0, 0.05) is 6.54 Å². The van der Waals surface area contributed by atoms with Crippen LogP contribution >= 0.6 is 11.3 Å². The number of aryl methyl sites for hydroxylation is 1. The van der Waals surface area contributed by atoms with Gasteiger partial charge in [-0.1, -0.05) is 0 Å². The Morgan fingerprint density at radius 2 is 2.24 bits per heavy atom. The van der Waals surface area contributed by atoms with Crippen LogP contribution in [0.3, 0.4) is 0 Å². The molecule has 4 heteroatoms. The summed E-state index contributed by atoms with van der Waals surface area (Å²) in [5, 5.41) is 3.14. The summed E-state index contributed by atoms with van der Waals surface area (Å²) in [4.78, 5) is 5.61. The molecular formula is C13H16N2OS. The zero-order valence-corrected chi connectivity index (χ0v) is 11.1. The van der Waals surface area contributed by atoms with Gasteiger partial charge in [-0.2, -0.15) is 0 Å².